The Bertz CT molecular complexity index is 1540. The SMILES string of the molecule is C=CC(=O)Nc1cc(Nc2ncc(Cl)c(Nc3ccccc3P(C)(C)=O)n2)c(OC)cc1N1CCC(N2CCOCC2)C1. The van der Waals surface area contributed by atoms with Gasteiger partial charge in [-0.3, -0.25) is 9.69 Å². The average Bonchev–Trinajstić information content (AvgIpc) is 3.49. The number of aromatic nitrogens is 2. The number of benzene rings is 2. The molecule has 2 aliphatic rings. The summed E-state index contributed by atoms with van der Waals surface area (Å²) in [5.74, 6) is 0.833. The molecule has 0 spiro atoms. The van der Waals surface area contributed by atoms with Gasteiger partial charge in [-0.1, -0.05) is 30.3 Å². The third-order valence-electron chi connectivity index (χ3n) is 7.56. The molecule has 0 aliphatic carbocycles. The van der Waals surface area contributed by atoms with Gasteiger partial charge in [0.1, 0.15) is 17.9 Å². The second kappa shape index (κ2) is 13.3. The number of ether oxygens (including phenoxy) is 2. The quantitative estimate of drug-likeness (QED) is 0.212. The van der Waals surface area contributed by atoms with E-state index in [0.29, 0.717) is 45.0 Å². The third kappa shape index (κ3) is 7.30. The highest BCUT2D eigenvalue weighted by Crippen LogP contribution is 2.41. The fraction of sp³-hybridized carbons (Fsp3) is 0.367. The summed E-state index contributed by atoms with van der Waals surface area (Å²) >= 11 is 6.45. The highest BCUT2D eigenvalue weighted by Gasteiger charge is 2.31. The average molecular weight is 626 g/mol. The van der Waals surface area contributed by atoms with Crippen LogP contribution in [-0.2, 0) is 14.1 Å². The van der Waals surface area contributed by atoms with Crippen molar-refractivity contribution in [2.75, 3.05) is 80.7 Å². The zero-order chi connectivity index (χ0) is 30.6. The van der Waals surface area contributed by atoms with Gasteiger partial charge in [-0.05, 0) is 44.0 Å². The van der Waals surface area contributed by atoms with E-state index in [9.17, 15) is 9.36 Å². The molecule has 0 radical (unpaired) electrons. The summed E-state index contributed by atoms with van der Waals surface area (Å²) in [5.41, 5.74) is 2.67. The number of methoxy groups -OCH3 is 1. The maximum absolute atomic E-state index is 12.9. The molecule has 0 saturated carbocycles. The predicted octanol–water partition coefficient (Wildman–Crippen LogP) is 4.91. The van der Waals surface area contributed by atoms with Crippen molar-refractivity contribution in [2.24, 2.45) is 0 Å². The second-order valence-electron chi connectivity index (χ2n) is 10.8. The van der Waals surface area contributed by atoms with Crippen molar-refractivity contribution in [1.82, 2.24) is 14.9 Å². The normalized spacial score (nSPS) is 17.4. The van der Waals surface area contributed by atoms with Gasteiger partial charge in [0, 0.05) is 43.6 Å². The van der Waals surface area contributed by atoms with E-state index in [1.54, 1.807) is 20.4 Å². The first-order chi connectivity index (χ1) is 20.7. The smallest absolute Gasteiger partial charge is 0.247 e. The molecule has 1 atom stereocenters. The molecule has 2 fully saturated rings. The van der Waals surface area contributed by atoms with Crippen LogP contribution in [0.2, 0.25) is 5.02 Å². The maximum atomic E-state index is 12.9. The predicted molar refractivity (Wildman–Crippen MR) is 174 cm³/mol. The van der Waals surface area contributed by atoms with E-state index in [-0.39, 0.29) is 11.9 Å². The molecule has 3 aromatic rings. The number of hydrogen-bond acceptors (Lipinski definition) is 10. The van der Waals surface area contributed by atoms with E-state index in [4.69, 9.17) is 21.1 Å². The first kappa shape index (κ1) is 30.8. The number of carbonyl (C=O) groups excluding carboxylic acids is 1. The van der Waals surface area contributed by atoms with Crippen LogP contribution in [0.5, 0.6) is 5.75 Å². The van der Waals surface area contributed by atoms with E-state index in [0.717, 1.165) is 51.5 Å². The molecule has 0 bridgehead atoms. The van der Waals surface area contributed by atoms with Crippen molar-refractivity contribution >= 4 is 64.5 Å². The minimum atomic E-state index is -2.57. The van der Waals surface area contributed by atoms with Gasteiger partial charge in [-0.25, -0.2) is 4.98 Å². The zero-order valence-corrected chi connectivity index (χ0v) is 26.3. The van der Waals surface area contributed by atoms with Crippen molar-refractivity contribution in [3.05, 3.63) is 60.3 Å². The number of anilines is 6. The van der Waals surface area contributed by atoms with Crippen molar-refractivity contribution in [2.45, 2.75) is 12.5 Å². The topological polar surface area (TPSA) is 121 Å². The molecule has 3 N–H and O–H groups in total. The molecule has 3 heterocycles. The van der Waals surface area contributed by atoms with Crippen LogP contribution in [0.15, 0.2) is 55.3 Å². The second-order valence-corrected chi connectivity index (χ2v) is 14.4. The number of carbonyl (C=O) groups is 1. The molecule has 1 amide bonds. The summed E-state index contributed by atoms with van der Waals surface area (Å²) < 4.78 is 24.2. The van der Waals surface area contributed by atoms with Crippen LogP contribution >= 0.6 is 18.7 Å². The number of morpholine rings is 1. The molecule has 2 aromatic carbocycles. The molecule has 11 nitrogen and oxygen atoms in total. The first-order valence-electron chi connectivity index (χ1n) is 14.1. The standard InChI is InChI=1S/C30H37ClN7O4P/c1-5-28(39)33-23-16-24(26(41-2)17-25(23)38-11-10-20(19-38)37-12-14-42-15-13-37)35-30-32-18-21(31)29(36-30)34-22-8-6-7-9-27(22)43(3,4)40/h5-9,16-18,20H,1,10-15,19H2,2-4H3,(H,33,39)(H2,32,34,35,36). The number of rotatable bonds is 10. The van der Waals surface area contributed by atoms with Crippen LogP contribution in [0.1, 0.15) is 6.42 Å². The number of halogens is 1. The summed E-state index contributed by atoms with van der Waals surface area (Å²) in [6.45, 7) is 12.0. The molecule has 2 saturated heterocycles. The minimum Gasteiger partial charge on any atom is -0.494 e. The summed E-state index contributed by atoms with van der Waals surface area (Å²) in [4.78, 5) is 26.1. The number of nitrogens with one attached hydrogen (secondary N) is 3. The Labute approximate surface area is 257 Å². The van der Waals surface area contributed by atoms with E-state index in [1.807, 2.05) is 36.4 Å². The van der Waals surface area contributed by atoms with Crippen LogP contribution in [0.25, 0.3) is 0 Å². The molecular formula is C30H37ClN7O4P. The number of para-hydroxylation sites is 1. The van der Waals surface area contributed by atoms with E-state index in [2.05, 4.69) is 42.3 Å². The van der Waals surface area contributed by atoms with E-state index in [1.165, 1.54) is 12.3 Å². The zero-order valence-electron chi connectivity index (χ0n) is 24.6. The van der Waals surface area contributed by atoms with Crippen LogP contribution in [-0.4, -0.2) is 86.6 Å². The molecular weight excluding hydrogens is 589 g/mol. The van der Waals surface area contributed by atoms with Crippen LogP contribution in [0, 0.1) is 0 Å². The minimum absolute atomic E-state index is 0.251. The van der Waals surface area contributed by atoms with Crippen LogP contribution < -0.4 is 30.9 Å². The largest absolute Gasteiger partial charge is 0.494 e. The molecule has 43 heavy (non-hydrogen) atoms. The van der Waals surface area contributed by atoms with E-state index < -0.39 is 7.14 Å². The van der Waals surface area contributed by atoms with Crippen molar-refractivity contribution < 1.29 is 18.8 Å². The molecule has 1 unspecified atom stereocenters. The van der Waals surface area contributed by atoms with E-state index >= 15 is 0 Å². The summed E-state index contributed by atoms with van der Waals surface area (Å²) in [6.07, 6.45) is 3.74. The Kier molecular flexibility index (Phi) is 9.56. The molecule has 1 aromatic heterocycles. The molecule has 2 aliphatic heterocycles. The van der Waals surface area contributed by atoms with Crippen molar-refractivity contribution in [1.29, 1.82) is 0 Å². The van der Waals surface area contributed by atoms with Gasteiger partial charge in [-0.2, -0.15) is 4.98 Å². The van der Waals surface area contributed by atoms with Gasteiger partial charge in [0.05, 0.1) is 49.3 Å². The van der Waals surface area contributed by atoms with Gasteiger partial charge in [0.15, 0.2) is 5.82 Å². The summed E-state index contributed by atoms with van der Waals surface area (Å²) in [6, 6.07) is 11.5. The number of amides is 1. The van der Waals surface area contributed by atoms with Crippen LogP contribution in [0.4, 0.5) is 34.5 Å². The Morgan fingerprint density at radius 2 is 1.91 bits per heavy atom. The summed E-state index contributed by atoms with van der Waals surface area (Å²) in [5, 5.41) is 10.4. The fourth-order valence-corrected chi connectivity index (χ4v) is 6.69. The monoisotopic (exact) mass is 625 g/mol. The van der Waals surface area contributed by atoms with Gasteiger partial charge in [-0.15, -0.1) is 0 Å². The Morgan fingerprint density at radius 3 is 2.63 bits per heavy atom. The van der Waals surface area contributed by atoms with Gasteiger partial charge < -0.3 is 34.9 Å². The highest BCUT2D eigenvalue weighted by molar-refractivity contribution is 7.70. The third-order valence-corrected chi connectivity index (χ3v) is 9.38. The Balaban J connectivity index is 1.43. The lowest BCUT2D eigenvalue weighted by Gasteiger charge is -2.32. The Hall–Kier alpha value is -3.63. The number of nitrogens with zero attached hydrogens (tertiary/aromatic N) is 4. The summed E-state index contributed by atoms with van der Waals surface area (Å²) in [7, 11) is -0.976. The highest BCUT2D eigenvalue weighted by atomic mass is 35.5. The van der Waals surface area contributed by atoms with Gasteiger partial charge in [0.25, 0.3) is 0 Å². The molecule has 13 heteroatoms. The van der Waals surface area contributed by atoms with Crippen LogP contribution in [0.3, 0.4) is 0 Å². The lowest BCUT2D eigenvalue weighted by molar-refractivity contribution is -0.111. The molecule has 228 valence electrons. The molecule has 5 rings (SSSR count). The lowest BCUT2D eigenvalue weighted by atomic mass is 10.2. The fourth-order valence-electron chi connectivity index (χ4n) is 5.39. The lowest BCUT2D eigenvalue weighted by Crippen LogP contribution is -2.44. The van der Waals surface area contributed by atoms with Crippen molar-refractivity contribution in [3.63, 3.8) is 0 Å². The van der Waals surface area contributed by atoms with Gasteiger partial charge in [0.2, 0.25) is 11.9 Å². The van der Waals surface area contributed by atoms with Gasteiger partial charge >= 0.3 is 0 Å². The Morgan fingerprint density at radius 1 is 1.14 bits per heavy atom. The van der Waals surface area contributed by atoms with Crippen molar-refractivity contribution in [3.8, 4) is 5.75 Å². The first-order valence-corrected chi connectivity index (χ1v) is 17.1. The maximum Gasteiger partial charge on any atom is 0.247 e. The number of hydrogen-bond donors (Lipinski definition) is 3.